The highest BCUT2D eigenvalue weighted by molar-refractivity contribution is 9.10. The van der Waals surface area contributed by atoms with E-state index < -0.39 is 5.60 Å². The molecule has 2 rings (SSSR count). The Morgan fingerprint density at radius 3 is 2.55 bits per heavy atom. The van der Waals surface area contributed by atoms with E-state index in [1.165, 1.54) is 0 Å². The molecule has 1 atom stereocenters. The van der Waals surface area contributed by atoms with Gasteiger partial charge in [-0.15, -0.1) is 0 Å². The average Bonchev–Trinajstić information content (AvgIpc) is 2.55. The van der Waals surface area contributed by atoms with Gasteiger partial charge in [-0.2, -0.15) is 5.10 Å². The third kappa shape index (κ3) is 3.03. The van der Waals surface area contributed by atoms with Crippen molar-refractivity contribution in [1.29, 1.82) is 0 Å². The first-order chi connectivity index (χ1) is 9.22. The number of benzene rings is 1. The Morgan fingerprint density at radius 2 is 2.05 bits per heavy atom. The van der Waals surface area contributed by atoms with E-state index in [9.17, 15) is 5.11 Å². The Labute approximate surface area is 136 Å². The van der Waals surface area contributed by atoms with Crippen LogP contribution in [0.4, 0.5) is 0 Å². The van der Waals surface area contributed by atoms with Gasteiger partial charge in [0, 0.05) is 34.1 Å². The van der Waals surface area contributed by atoms with Gasteiger partial charge in [0.15, 0.2) is 0 Å². The molecule has 0 spiro atoms. The maximum atomic E-state index is 10.8. The van der Waals surface area contributed by atoms with Crippen LogP contribution in [-0.4, -0.2) is 14.9 Å². The molecule has 1 N–H and O–H groups in total. The lowest BCUT2D eigenvalue weighted by atomic mass is 9.89. The summed E-state index contributed by atoms with van der Waals surface area (Å²) >= 11 is 15.8. The zero-order valence-electron chi connectivity index (χ0n) is 11.4. The molecule has 1 aromatic carbocycles. The van der Waals surface area contributed by atoms with Crippen LogP contribution in [0.3, 0.4) is 0 Å². The molecule has 6 heteroatoms. The smallest absolute Gasteiger partial charge is 0.130 e. The van der Waals surface area contributed by atoms with Gasteiger partial charge in [0.2, 0.25) is 0 Å². The maximum absolute atomic E-state index is 10.8. The lowest BCUT2D eigenvalue weighted by Crippen LogP contribution is -2.25. The predicted molar refractivity (Wildman–Crippen MR) is 85.4 cm³/mol. The van der Waals surface area contributed by atoms with E-state index in [0.29, 0.717) is 22.2 Å². The number of nitrogens with zero attached hydrogens (tertiary/aromatic N) is 2. The van der Waals surface area contributed by atoms with E-state index in [2.05, 4.69) is 21.0 Å². The molecule has 0 radical (unpaired) electrons. The quantitative estimate of drug-likeness (QED) is 0.868. The Bertz CT molecular complexity index is 653. The molecule has 0 fully saturated rings. The monoisotopic (exact) mass is 376 g/mol. The van der Waals surface area contributed by atoms with Crippen molar-refractivity contribution in [3.05, 3.63) is 49.7 Å². The van der Waals surface area contributed by atoms with Gasteiger partial charge < -0.3 is 5.11 Å². The number of aliphatic hydroxyl groups is 1. The molecule has 0 aliphatic heterocycles. The molecule has 0 saturated carbocycles. The van der Waals surface area contributed by atoms with Gasteiger partial charge in [0.05, 0.1) is 11.3 Å². The second kappa shape index (κ2) is 5.68. The summed E-state index contributed by atoms with van der Waals surface area (Å²) in [7, 11) is 1.78. The van der Waals surface area contributed by atoms with Crippen LogP contribution in [0.1, 0.15) is 23.7 Å². The summed E-state index contributed by atoms with van der Waals surface area (Å²) in [4.78, 5) is 0. The lowest BCUT2D eigenvalue weighted by Gasteiger charge is -2.25. The topological polar surface area (TPSA) is 38.0 Å². The zero-order valence-corrected chi connectivity index (χ0v) is 14.5. The molecule has 1 aromatic heterocycles. The minimum Gasteiger partial charge on any atom is -0.385 e. The van der Waals surface area contributed by atoms with E-state index in [1.54, 1.807) is 24.7 Å². The van der Waals surface area contributed by atoms with Crippen molar-refractivity contribution in [2.24, 2.45) is 7.05 Å². The normalized spacial score (nSPS) is 14.3. The van der Waals surface area contributed by atoms with E-state index in [0.717, 1.165) is 15.7 Å². The van der Waals surface area contributed by atoms with Crippen LogP contribution >= 0.6 is 39.1 Å². The summed E-state index contributed by atoms with van der Waals surface area (Å²) < 4.78 is 2.48. The van der Waals surface area contributed by atoms with Crippen LogP contribution in [0.15, 0.2) is 22.7 Å². The second-order valence-corrected chi connectivity index (χ2v) is 6.73. The van der Waals surface area contributed by atoms with E-state index >= 15 is 0 Å². The van der Waals surface area contributed by atoms with Gasteiger partial charge in [-0.1, -0.05) is 45.2 Å². The van der Waals surface area contributed by atoms with Crippen LogP contribution in [0, 0.1) is 6.92 Å². The summed E-state index contributed by atoms with van der Waals surface area (Å²) in [6.07, 6.45) is 0.354. The molecular weight excluding hydrogens is 363 g/mol. The van der Waals surface area contributed by atoms with Crippen LogP contribution in [0.2, 0.25) is 10.2 Å². The molecule has 3 nitrogen and oxygen atoms in total. The van der Waals surface area contributed by atoms with E-state index in [4.69, 9.17) is 23.2 Å². The number of hydrogen-bond donors (Lipinski definition) is 1. The SMILES string of the molecule is Cc1nn(C)c(Cl)c1CC(C)(O)c1ccc(Br)cc1Cl. The molecule has 20 heavy (non-hydrogen) atoms. The van der Waals surface area contributed by atoms with Gasteiger partial charge in [-0.25, -0.2) is 0 Å². The van der Waals surface area contributed by atoms with E-state index in [1.807, 2.05) is 19.1 Å². The molecule has 0 saturated heterocycles. The highest BCUT2D eigenvalue weighted by Crippen LogP contribution is 2.35. The number of aromatic nitrogens is 2. The Hall–Kier alpha value is -0.550. The fraction of sp³-hybridized carbons (Fsp3) is 0.357. The average molecular weight is 378 g/mol. The summed E-state index contributed by atoms with van der Waals surface area (Å²) in [5.41, 5.74) is 1.20. The second-order valence-electron chi connectivity index (χ2n) is 5.05. The third-order valence-electron chi connectivity index (χ3n) is 3.30. The predicted octanol–water partition coefficient (Wildman–Crippen LogP) is 4.25. The fourth-order valence-corrected chi connectivity index (χ4v) is 3.36. The van der Waals surface area contributed by atoms with Crippen molar-refractivity contribution in [3.8, 4) is 0 Å². The van der Waals surface area contributed by atoms with Gasteiger partial charge in [-0.3, -0.25) is 4.68 Å². The molecule has 0 amide bonds. The van der Waals surface area contributed by atoms with Crippen molar-refractivity contribution in [2.75, 3.05) is 0 Å². The van der Waals surface area contributed by atoms with Gasteiger partial charge >= 0.3 is 0 Å². The number of hydrogen-bond acceptors (Lipinski definition) is 2. The first-order valence-electron chi connectivity index (χ1n) is 6.08. The third-order valence-corrected chi connectivity index (χ3v) is 4.58. The Balaban J connectivity index is 2.40. The van der Waals surface area contributed by atoms with Crippen LogP contribution < -0.4 is 0 Å². The Kier molecular flexibility index (Phi) is 4.50. The lowest BCUT2D eigenvalue weighted by molar-refractivity contribution is 0.0575. The first-order valence-corrected chi connectivity index (χ1v) is 7.63. The van der Waals surface area contributed by atoms with Crippen molar-refractivity contribution >= 4 is 39.1 Å². The largest absolute Gasteiger partial charge is 0.385 e. The standard InChI is InChI=1S/C14H15BrCl2N2O/c1-8-10(13(17)19(3)18-8)7-14(2,20)11-5-4-9(15)6-12(11)16/h4-6,20H,7H2,1-3H3. The maximum Gasteiger partial charge on any atom is 0.130 e. The zero-order chi connectivity index (χ0) is 15.1. The first kappa shape index (κ1) is 15.8. The van der Waals surface area contributed by atoms with E-state index in [-0.39, 0.29) is 0 Å². The minimum absolute atomic E-state index is 0.354. The minimum atomic E-state index is -1.12. The highest BCUT2D eigenvalue weighted by Gasteiger charge is 2.29. The number of rotatable bonds is 3. The van der Waals surface area contributed by atoms with Crippen molar-refractivity contribution in [3.63, 3.8) is 0 Å². The van der Waals surface area contributed by atoms with Gasteiger partial charge in [0.25, 0.3) is 0 Å². The van der Waals surface area contributed by atoms with Gasteiger partial charge in [-0.05, 0) is 26.0 Å². The highest BCUT2D eigenvalue weighted by atomic mass is 79.9. The summed E-state index contributed by atoms with van der Waals surface area (Å²) in [6, 6.07) is 5.43. The van der Waals surface area contributed by atoms with Crippen LogP contribution in [0.25, 0.3) is 0 Å². The summed E-state index contributed by atoms with van der Waals surface area (Å²) in [5, 5.41) is 16.1. The fourth-order valence-electron chi connectivity index (χ4n) is 2.24. The molecule has 108 valence electrons. The van der Waals surface area contributed by atoms with Crippen molar-refractivity contribution in [1.82, 2.24) is 9.78 Å². The molecule has 0 aliphatic rings. The Morgan fingerprint density at radius 1 is 1.40 bits per heavy atom. The molecule has 2 aromatic rings. The van der Waals surface area contributed by atoms with Crippen molar-refractivity contribution < 1.29 is 5.11 Å². The van der Waals surface area contributed by atoms with Crippen LogP contribution in [-0.2, 0) is 19.1 Å². The van der Waals surface area contributed by atoms with Gasteiger partial charge in [0.1, 0.15) is 5.15 Å². The molecule has 0 aliphatic carbocycles. The number of halogens is 3. The number of aryl methyl sites for hydroxylation is 2. The molecule has 1 heterocycles. The van der Waals surface area contributed by atoms with Crippen molar-refractivity contribution in [2.45, 2.75) is 25.9 Å². The van der Waals surface area contributed by atoms with Crippen LogP contribution in [0.5, 0.6) is 0 Å². The molecule has 1 unspecified atom stereocenters. The summed E-state index contributed by atoms with van der Waals surface area (Å²) in [6.45, 7) is 3.60. The molecular formula is C14H15BrCl2N2O. The summed E-state index contributed by atoms with van der Waals surface area (Å²) in [5.74, 6) is 0. The molecule has 0 bridgehead atoms.